The fraction of sp³-hybridized carbons (Fsp3) is 0.167. The maximum Gasteiger partial charge on any atom is 0.133 e. The summed E-state index contributed by atoms with van der Waals surface area (Å²) in [5.74, 6) is 0.710. The number of hydrogen-bond donors (Lipinski definition) is 1. The zero-order valence-corrected chi connectivity index (χ0v) is 14.2. The minimum Gasteiger partial charge on any atom is -0.369 e. The molecule has 2 heterocycles. The number of fused-ring (bicyclic) bond motifs is 1. The minimum absolute atomic E-state index is 0.212. The molecule has 3 nitrogen and oxygen atoms in total. The molecule has 0 bridgehead atoms. The molecule has 2 aromatic carbocycles. The molecule has 0 aliphatic carbocycles. The first kappa shape index (κ1) is 15.5. The highest BCUT2D eigenvalue weighted by molar-refractivity contribution is 6.35. The first-order valence-corrected chi connectivity index (χ1v) is 8.42. The van der Waals surface area contributed by atoms with Gasteiger partial charge in [0.1, 0.15) is 11.6 Å². The lowest BCUT2D eigenvalue weighted by Gasteiger charge is -2.08. The average Bonchev–Trinajstić information content (AvgIpc) is 3.14. The van der Waals surface area contributed by atoms with Gasteiger partial charge < -0.3 is 5.32 Å². The van der Waals surface area contributed by atoms with Crippen LogP contribution in [0.4, 0.5) is 10.2 Å². The SMILES string of the molecule is Fc1ccccc1Cc1nn(-c2ccc(Cl)cc2Cl)c2c1CCN2. The van der Waals surface area contributed by atoms with Crippen LogP contribution in [0.3, 0.4) is 0 Å². The van der Waals surface area contributed by atoms with Crippen LogP contribution >= 0.6 is 23.2 Å². The normalized spacial score (nSPS) is 13.0. The maximum atomic E-state index is 14.0. The van der Waals surface area contributed by atoms with E-state index in [9.17, 15) is 4.39 Å². The Morgan fingerprint density at radius 3 is 2.79 bits per heavy atom. The summed E-state index contributed by atoms with van der Waals surface area (Å²) in [5.41, 5.74) is 3.38. The van der Waals surface area contributed by atoms with Gasteiger partial charge in [0, 0.05) is 23.6 Å². The predicted molar refractivity (Wildman–Crippen MR) is 95.0 cm³/mol. The number of nitrogens with zero attached hydrogens (tertiary/aromatic N) is 2. The summed E-state index contributed by atoms with van der Waals surface area (Å²) in [4.78, 5) is 0. The van der Waals surface area contributed by atoms with Crippen molar-refractivity contribution >= 4 is 29.0 Å². The fourth-order valence-corrected chi connectivity index (χ4v) is 3.53. The first-order chi connectivity index (χ1) is 11.6. The molecule has 0 atom stereocenters. The molecule has 0 fully saturated rings. The Kier molecular flexibility index (Phi) is 3.94. The van der Waals surface area contributed by atoms with Crippen LogP contribution in [0.2, 0.25) is 10.0 Å². The smallest absolute Gasteiger partial charge is 0.133 e. The van der Waals surface area contributed by atoms with E-state index in [1.807, 2.05) is 12.1 Å². The van der Waals surface area contributed by atoms with Crippen molar-refractivity contribution in [3.05, 3.63) is 75.1 Å². The number of hydrogen-bond acceptors (Lipinski definition) is 2. The molecule has 1 aliphatic heterocycles. The lowest BCUT2D eigenvalue weighted by molar-refractivity contribution is 0.612. The molecule has 0 saturated heterocycles. The van der Waals surface area contributed by atoms with Gasteiger partial charge in [0.25, 0.3) is 0 Å². The second-order valence-corrected chi connectivity index (χ2v) is 6.57. The van der Waals surface area contributed by atoms with Crippen molar-refractivity contribution in [2.45, 2.75) is 12.8 Å². The number of benzene rings is 2. The molecular weight excluding hydrogens is 348 g/mol. The molecule has 0 saturated carbocycles. The van der Waals surface area contributed by atoms with E-state index < -0.39 is 0 Å². The molecular formula is C18H14Cl2FN3. The molecule has 24 heavy (non-hydrogen) atoms. The van der Waals surface area contributed by atoms with Crippen LogP contribution in [0.1, 0.15) is 16.8 Å². The van der Waals surface area contributed by atoms with Crippen LogP contribution in [0.25, 0.3) is 5.69 Å². The molecule has 4 rings (SSSR count). The summed E-state index contributed by atoms with van der Waals surface area (Å²) in [7, 11) is 0. The van der Waals surface area contributed by atoms with Crippen LogP contribution in [-0.4, -0.2) is 16.3 Å². The third kappa shape index (κ3) is 2.66. The zero-order chi connectivity index (χ0) is 16.7. The van der Waals surface area contributed by atoms with Crippen molar-refractivity contribution in [3.63, 3.8) is 0 Å². The summed E-state index contributed by atoms with van der Waals surface area (Å²) in [5, 5.41) is 9.14. The van der Waals surface area contributed by atoms with E-state index in [4.69, 9.17) is 23.2 Å². The van der Waals surface area contributed by atoms with E-state index in [1.54, 1.807) is 28.9 Å². The number of nitrogens with one attached hydrogen (secondary N) is 1. The quantitative estimate of drug-likeness (QED) is 0.720. The largest absolute Gasteiger partial charge is 0.369 e. The second-order valence-electron chi connectivity index (χ2n) is 5.73. The Morgan fingerprint density at radius 2 is 2.00 bits per heavy atom. The van der Waals surface area contributed by atoms with Gasteiger partial charge in [0.2, 0.25) is 0 Å². The van der Waals surface area contributed by atoms with Gasteiger partial charge in [-0.3, -0.25) is 0 Å². The third-order valence-corrected chi connectivity index (χ3v) is 4.73. The van der Waals surface area contributed by atoms with Crippen LogP contribution in [0.15, 0.2) is 42.5 Å². The van der Waals surface area contributed by atoms with Crippen LogP contribution in [-0.2, 0) is 12.8 Å². The van der Waals surface area contributed by atoms with Crippen molar-refractivity contribution in [3.8, 4) is 5.69 Å². The molecule has 0 radical (unpaired) electrons. The first-order valence-electron chi connectivity index (χ1n) is 7.67. The van der Waals surface area contributed by atoms with Gasteiger partial charge >= 0.3 is 0 Å². The monoisotopic (exact) mass is 361 g/mol. The van der Waals surface area contributed by atoms with E-state index in [0.29, 0.717) is 22.0 Å². The lowest BCUT2D eigenvalue weighted by Crippen LogP contribution is -2.06. The molecule has 3 aromatic rings. The Hall–Kier alpha value is -2.04. The Morgan fingerprint density at radius 1 is 1.17 bits per heavy atom. The number of aromatic nitrogens is 2. The van der Waals surface area contributed by atoms with Crippen LogP contribution in [0, 0.1) is 5.82 Å². The molecule has 1 aliphatic rings. The number of halogens is 3. The predicted octanol–water partition coefficient (Wildman–Crippen LogP) is 4.88. The molecule has 122 valence electrons. The van der Waals surface area contributed by atoms with E-state index in [2.05, 4.69) is 10.4 Å². The highest BCUT2D eigenvalue weighted by atomic mass is 35.5. The molecule has 1 aromatic heterocycles. The summed E-state index contributed by atoms with van der Waals surface area (Å²) < 4.78 is 15.8. The number of rotatable bonds is 3. The minimum atomic E-state index is -0.212. The summed E-state index contributed by atoms with van der Waals surface area (Å²) in [6.45, 7) is 0.836. The van der Waals surface area contributed by atoms with Crippen molar-refractivity contribution in [2.75, 3.05) is 11.9 Å². The average molecular weight is 362 g/mol. The third-order valence-electron chi connectivity index (χ3n) is 4.19. The maximum absolute atomic E-state index is 14.0. The van der Waals surface area contributed by atoms with Gasteiger partial charge in [0.05, 0.1) is 16.4 Å². The van der Waals surface area contributed by atoms with Crippen molar-refractivity contribution < 1.29 is 4.39 Å². The van der Waals surface area contributed by atoms with E-state index in [-0.39, 0.29) is 5.82 Å². The van der Waals surface area contributed by atoms with Gasteiger partial charge in [0.15, 0.2) is 0 Å². The van der Waals surface area contributed by atoms with Crippen molar-refractivity contribution in [1.82, 2.24) is 9.78 Å². The van der Waals surface area contributed by atoms with Crippen LogP contribution < -0.4 is 5.32 Å². The van der Waals surface area contributed by atoms with E-state index in [0.717, 1.165) is 35.7 Å². The second kappa shape index (κ2) is 6.11. The van der Waals surface area contributed by atoms with Crippen molar-refractivity contribution in [1.29, 1.82) is 0 Å². The van der Waals surface area contributed by atoms with Gasteiger partial charge in [-0.25, -0.2) is 9.07 Å². The van der Waals surface area contributed by atoms with Crippen LogP contribution in [0.5, 0.6) is 0 Å². The Bertz CT molecular complexity index is 921. The molecule has 1 N–H and O–H groups in total. The van der Waals surface area contributed by atoms with Gasteiger partial charge in [-0.05, 0) is 36.2 Å². The molecule has 0 amide bonds. The van der Waals surface area contributed by atoms with E-state index >= 15 is 0 Å². The summed E-state index contributed by atoms with van der Waals surface area (Å²) in [6, 6.07) is 12.1. The fourth-order valence-electron chi connectivity index (χ4n) is 3.04. The molecule has 0 unspecified atom stereocenters. The number of anilines is 1. The Labute approximate surface area is 149 Å². The highest BCUT2D eigenvalue weighted by Gasteiger charge is 2.24. The highest BCUT2D eigenvalue weighted by Crippen LogP contribution is 2.33. The zero-order valence-electron chi connectivity index (χ0n) is 12.7. The van der Waals surface area contributed by atoms with E-state index in [1.165, 1.54) is 6.07 Å². The van der Waals surface area contributed by atoms with Gasteiger partial charge in [-0.2, -0.15) is 5.10 Å². The molecule has 0 spiro atoms. The van der Waals surface area contributed by atoms with Gasteiger partial charge in [-0.15, -0.1) is 0 Å². The summed E-state index contributed by atoms with van der Waals surface area (Å²) in [6.07, 6.45) is 1.32. The van der Waals surface area contributed by atoms with Gasteiger partial charge in [-0.1, -0.05) is 41.4 Å². The topological polar surface area (TPSA) is 29.9 Å². The lowest BCUT2D eigenvalue weighted by atomic mass is 10.1. The Balaban J connectivity index is 1.79. The molecule has 6 heteroatoms. The standard InChI is InChI=1S/C18H14Cl2FN3/c19-12-5-6-17(14(20)10-12)24-18-13(7-8-22-18)16(23-24)9-11-3-1-2-4-15(11)21/h1-6,10,22H,7-9H2. The van der Waals surface area contributed by atoms with Crippen molar-refractivity contribution in [2.24, 2.45) is 0 Å². The summed E-state index contributed by atoms with van der Waals surface area (Å²) >= 11 is 12.3.